The van der Waals surface area contributed by atoms with E-state index in [2.05, 4.69) is 21.1 Å². The summed E-state index contributed by atoms with van der Waals surface area (Å²) in [6, 6.07) is 3.30. The first-order valence-corrected chi connectivity index (χ1v) is 9.29. The molecule has 0 spiro atoms. The lowest BCUT2D eigenvalue weighted by Gasteiger charge is -2.21. The Kier molecular flexibility index (Phi) is 3.74. The molecule has 3 rings (SSSR count). The Morgan fingerprint density at radius 2 is 2.35 bits per heavy atom. The van der Waals surface area contributed by atoms with Crippen LogP contribution < -0.4 is 0 Å². The highest BCUT2D eigenvalue weighted by Crippen LogP contribution is 2.39. The first kappa shape index (κ1) is 14.2. The fourth-order valence-corrected chi connectivity index (χ4v) is 6.51. The van der Waals surface area contributed by atoms with Crippen LogP contribution in [0.4, 0.5) is 0 Å². The highest BCUT2D eigenvalue weighted by molar-refractivity contribution is 9.10. The summed E-state index contributed by atoms with van der Waals surface area (Å²) in [5, 5.41) is 5.62. The van der Waals surface area contributed by atoms with Crippen molar-refractivity contribution in [3.8, 4) is 0 Å². The summed E-state index contributed by atoms with van der Waals surface area (Å²) < 4.78 is 33.2. The second-order valence-corrected chi connectivity index (χ2v) is 8.56. The van der Waals surface area contributed by atoms with Crippen molar-refractivity contribution in [3.63, 3.8) is 0 Å². The Labute approximate surface area is 129 Å². The molecular weight excluding hydrogens is 364 g/mol. The molecule has 5 nitrogen and oxygen atoms in total. The SMILES string of the molecule is Cc1cc(C2CCCN2S(=O)(=O)c2sccc2Br)on1. The minimum absolute atomic E-state index is 0.254. The predicted molar refractivity (Wildman–Crippen MR) is 79.1 cm³/mol. The molecule has 0 aliphatic carbocycles. The van der Waals surface area contributed by atoms with E-state index in [-0.39, 0.29) is 6.04 Å². The average molecular weight is 377 g/mol. The minimum atomic E-state index is -3.50. The van der Waals surface area contributed by atoms with Gasteiger partial charge in [-0.25, -0.2) is 8.42 Å². The third kappa shape index (κ3) is 2.34. The van der Waals surface area contributed by atoms with Crippen molar-refractivity contribution in [3.05, 3.63) is 33.4 Å². The fourth-order valence-electron chi connectivity index (χ4n) is 2.42. The highest BCUT2D eigenvalue weighted by Gasteiger charge is 2.39. The van der Waals surface area contributed by atoms with Crippen LogP contribution in [0.2, 0.25) is 0 Å². The van der Waals surface area contributed by atoms with Gasteiger partial charge in [0.15, 0.2) is 5.76 Å². The number of aryl methyl sites for hydroxylation is 1. The van der Waals surface area contributed by atoms with E-state index in [0.29, 0.717) is 21.0 Å². The van der Waals surface area contributed by atoms with Gasteiger partial charge in [-0.15, -0.1) is 11.3 Å². The Morgan fingerprint density at radius 1 is 1.55 bits per heavy atom. The molecule has 0 radical (unpaired) electrons. The summed E-state index contributed by atoms with van der Waals surface area (Å²) in [4.78, 5) is 0. The minimum Gasteiger partial charge on any atom is -0.359 e. The number of halogens is 1. The predicted octanol–water partition coefficient (Wildman–Crippen LogP) is 3.33. The molecule has 3 heterocycles. The summed E-state index contributed by atoms with van der Waals surface area (Å²) in [5.41, 5.74) is 0.765. The molecule has 20 heavy (non-hydrogen) atoms. The van der Waals surface area contributed by atoms with Crippen LogP contribution in [0.3, 0.4) is 0 Å². The molecule has 1 saturated heterocycles. The van der Waals surface area contributed by atoms with Crippen molar-refractivity contribution >= 4 is 37.3 Å². The van der Waals surface area contributed by atoms with Crippen molar-refractivity contribution in [2.75, 3.05) is 6.54 Å². The number of sulfonamides is 1. The monoisotopic (exact) mass is 376 g/mol. The molecule has 0 bridgehead atoms. The van der Waals surface area contributed by atoms with Crippen molar-refractivity contribution in [1.82, 2.24) is 9.46 Å². The van der Waals surface area contributed by atoms with Crippen LogP contribution >= 0.6 is 27.3 Å². The van der Waals surface area contributed by atoms with Crippen LogP contribution in [0.15, 0.2) is 30.7 Å². The van der Waals surface area contributed by atoms with Gasteiger partial charge in [0.05, 0.1) is 11.7 Å². The van der Waals surface area contributed by atoms with Gasteiger partial charge in [0, 0.05) is 17.1 Å². The highest BCUT2D eigenvalue weighted by atomic mass is 79.9. The van der Waals surface area contributed by atoms with Crippen molar-refractivity contribution < 1.29 is 12.9 Å². The topological polar surface area (TPSA) is 63.4 Å². The van der Waals surface area contributed by atoms with Gasteiger partial charge in [0.1, 0.15) is 4.21 Å². The molecule has 0 N–H and O–H groups in total. The van der Waals surface area contributed by atoms with Gasteiger partial charge in [0.2, 0.25) is 0 Å². The Morgan fingerprint density at radius 3 is 2.95 bits per heavy atom. The maximum Gasteiger partial charge on any atom is 0.254 e. The van der Waals surface area contributed by atoms with Gasteiger partial charge in [-0.2, -0.15) is 4.31 Å². The molecule has 1 atom stereocenters. The largest absolute Gasteiger partial charge is 0.359 e. The smallest absolute Gasteiger partial charge is 0.254 e. The van der Waals surface area contributed by atoms with Gasteiger partial charge in [-0.1, -0.05) is 5.16 Å². The van der Waals surface area contributed by atoms with E-state index in [1.54, 1.807) is 11.4 Å². The second-order valence-electron chi connectivity index (χ2n) is 4.70. The molecular formula is C12H13BrN2O3S2. The maximum absolute atomic E-state index is 12.8. The number of hydrogen-bond donors (Lipinski definition) is 0. The fraction of sp³-hybridized carbons (Fsp3) is 0.417. The standard InChI is InChI=1S/C12H13BrN2O3S2/c1-8-7-11(18-14-8)10-3-2-5-15(10)20(16,17)12-9(13)4-6-19-12/h4,6-7,10H,2-3,5H2,1H3. The van der Waals surface area contributed by atoms with Gasteiger partial charge in [-0.3, -0.25) is 0 Å². The first-order valence-electron chi connectivity index (χ1n) is 6.18. The van der Waals surface area contributed by atoms with Crippen molar-refractivity contribution in [2.24, 2.45) is 0 Å². The van der Waals surface area contributed by atoms with E-state index in [1.807, 2.05) is 13.0 Å². The summed E-state index contributed by atoms with van der Waals surface area (Å²) in [6.45, 7) is 2.34. The van der Waals surface area contributed by atoms with Crippen molar-refractivity contribution in [2.45, 2.75) is 30.0 Å². The summed E-state index contributed by atoms with van der Waals surface area (Å²) >= 11 is 4.52. The molecule has 1 aliphatic heterocycles. The van der Waals surface area contributed by atoms with E-state index in [0.717, 1.165) is 18.5 Å². The summed E-state index contributed by atoms with van der Waals surface area (Å²) in [7, 11) is -3.50. The van der Waals surface area contributed by atoms with Crippen LogP contribution in [0, 0.1) is 6.92 Å². The van der Waals surface area contributed by atoms with E-state index < -0.39 is 10.0 Å². The zero-order valence-electron chi connectivity index (χ0n) is 10.7. The second kappa shape index (κ2) is 5.25. The normalized spacial score (nSPS) is 20.6. The molecule has 1 unspecified atom stereocenters. The number of thiophene rings is 1. The third-order valence-corrected chi connectivity index (χ3v) is 7.86. The summed E-state index contributed by atoms with van der Waals surface area (Å²) in [5.74, 6) is 0.622. The van der Waals surface area contributed by atoms with Crippen molar-refractivity contribution in [1.29, 1.82) is 0 Å². The molecule has 2 aromatic heterocycles. The van der Waals surface area contributed by atoms with Gasteiger partial charge in [0.25, 0.3) is 10.0 Å². The maximum atomic E-state index is 12.8. The number of hydrogen-bond acceptors (Lipinski definition) is 5. The Bertz CT molecular complexity index is 723. The summed E-state index contributed by atoms with van der Waals surface area (Å²) in [6.07, 6.45) is 1.59. The van der Waals surface area contributed by atoms with E-state index >= 15 is 0 Å². The van der Waals surface area contributed by atoms with E-state index in [4.69, 9.17) is 4.52 Å². The zero-order chi connectivity index (χ0) is 14.3. The molecule has 0 amide bonds. The molecule has 8 heteroatoms. The number of aromatic nitrogens is 1. The molecule has 0 saturated carbocycles. The first-order chi connectivity index (χ1) is 9.50. The van der Waals surface area contributed by atoms with Gasteiger partial charge >= 0.3 is 0 Å². The molecule has 1 fully saturated rings. The average Bonchev–Trinajstić information content (AvgIpc) is 3.07. The van der Waals surface area contributed by atoms with Crippen LogP contribution in [0.5, 0.6) is 0 Å². The van der Waals surface area contributed by atoms with Gasteiger partial charge < -0.3 is 4.52 Å². The van der Waals surface area contributed by atoms with Crippen LogP contribution in [0.25, 0.3) is 0 Å². The van der Waals surface area contributed by atoms with Crippen LogP contribution in [-0.4, -0.2) is 24.4 Å². The van der Waals surface area contributed by atoms with Crippen LogP contribution in [0.1, 0.15) is 30.3 Å². The lowest BCUT2D eigenvalue weighted by atomic mass is 10.2. The Hall–Kier alpha value is -0.700. The molecule has 2 aromatic rings. The van der Waals surface area contributed by atoms with Crippen LogP contribution in [-0.2, 0) is 10.0 Å². The Balaban J connectivity index is 1.99. The molecule has 108 valence electrons. The third-order valence-electron chi connectivity index (χ3n) is 3.31. The lowest BCUT2D eigenvalue weighted by molar-refractivity contribution is 0.297. The van der Waals surface area contributed by atoms with E-state index in [9.17, 15) is 8.42 Å². The molecule has 0 aromatic carbocycles. The molecule has 1 aliphatic rings. The quantitative estimate of drug-likeness (QED) is 0.823. The van der Waals surface area contributed by atoms with Gasteiger partial charge in [-0.05, 0) is 47.1 Å². The lowest BCUT2D eigenvalue weighted by Crippen LogP contribution is -2.30. The number of nitrogens with zero attached hydrogens (tertiary/aromatic N) is 2. The number of rotatable bonds is 3. The zero-order valence-corrected chi connectivity index (χ0v) is 14.0. The van der Waals surface area contributed by atoms with E-state index in [1.165, 1.54) is 15.6 Å².